The molecule has 1 heterocycles. The van der Waals surface area contributed by atoms with Crippen LogP contribution in [0, 0.1) is 6.92 Å². The maximum atomic E-state index is 12.5. The van der Waals surface area contributed by atoms with Crippen molar-refractivity contribution in [1.29, 1.82) is 0 Å². The third-order valence-corrected chi connectivity index (χ3v) is 4.73. The molecule has 0 spiro atoms. The molecule has 1 aromatic heterocycles. The molecule has 0 fully saturated rings. The van der Waals surface area contributed by atoms with Crippen LogP contribution in [0.2, 0.25) is 0 Å². The highest BCUT2D eigenvalue weighted by Gasteiger charge is 2.17. The number of hydrogen-bond donors (Lipinski definition) is 1. The van der Waals surface area contributed by atoms with Gasteiger partial charge in [-0.25, -0.2) is 13.1 Å². The van der Waals surface area contributed by atoms with Crippen molar-refractivity contribution in [2.45, 2.75) is 18.4 Å². The second-order valence-electron chi connectivity index (χ2n) is 4.81. The monoisotopic (exact) mass is 301 g/mol. The average Bonchev–Trinajstić information content (AvgIpc) is 2.90. The van der Waals surface area contributed by atoms with E-state index in [-0.39, 0.29) is 11.4 Å². The summed E-state index contributed by atoms with van der Waals surface area (Å²) in [5, 5.41) is 1.61. The lowest BCUT2D eigenvalue weighted by molar-refractivity contribution is 0.475. The molecule has 0 radical (unpaired) electrons. The maximum absolute atomic E-state index is 12.5. The number of benzene rings is 2. The quantitative estimate of drug-likeness (QED) is 0.805. The van der Waals surface area contributed by atoms with E-state index in [1.807, 2.05) is 37.3 Å². The van der Waals surface area contributed by atoms with Gasteiger partial charge < -0.3 is 4.42 Å². The number of hydrogen-bond acceptors (Lipinski definition) is 3. The lowest BCUT2D eigenvalue weighted by Gasteiger charge is -2.08. The maximum Gasteiger partial charge on any atom is 0.241 e. The van der Waals surface area contributed by atoms with Gasteiger partial charge in [-0.15, -0.1) is 0 Å². The van der Waals surface area contributed by atoms with Gasteiger partial charge in [-0.1, -0.05) is 36.4 Å². The zero-order valence-corrected chi connectivity index (χ0v) is 12.4. The first kappa shape index (κ1) is 13.9. The van der Waals surface area contributed by atoms with Crippen LogP contribution < -0.4 is 4.72 Å². The van der Waals surface area contributed by atoms with Gasteiger partial charge in [0.05, 0.1) is 11.4 Å². The van der Waals surface area contributed by atoms with E-state index in [1.54, 1.807) is 24.3 Å². The predicted octanol–water partition coefficient (Wildman–Crippen LogP) is 3.22. The Hall–Kier alpha value is -2.11. The van der Waals surface area contributed by atoms with Crippen LogP contribution in [0.1, 0.15) is 11.5 Å². The van der Waals surface area contributed by atoms with Crippen LogP contribution >= 0.6 is 0 Å². The third kappa shape index (κ3) is 2.84. The minimum absolute atomic E-state index is 0.138. The van der Waals surface area contributed by atoms with E-state index in [2.05, 4.69) is 4.72 Å². The van der Waals surface area contributed by atoms with E-state index in [1.165, 1.54) is 0 Å². The largest absolute Gasteiger partial charge is 0.465 e. The highest BCUT2D eigenvalue weighted by atomic mass is 32.2. The normalized spacial score (nSPS) is 11.9. The molecular formula is C16H15NO3S. The van der Waals surface area contributed by atoms with E-state index >= 15 is 0 Å². The van der Waals surface area contributed by atoms with Gasteiger partial charge in [0.2, 0.25) is 10.0 Å². The minimum Gasteiger partial charge on any atom is -0.465 e. The Morgan fingerprint density at radius 1 is 1.00 bits per heavy atom. The molecule has 0 atom stereocenters. The number of aryl methyl sites for hydroxylation is 1. The molecular weight excluding hydrogens is 286 g/mol. The molecule has 0 aliphatic rings. The summed E-state index contributed by atoms with van der Waals surface area (Å²) >= 11 is 0. The summed E-state index contributed by atoms with van der Waals surface area (Å²) in [4.78, 5) is 0.281. The van der Waals surface area contributed by atoms with Gasteiger partial charge in [-0.2, -0.15) is 0 Å². The van der Waals surface area contributed by atoms with Gasteiger partial charge in [0.15, 0.2) is 0 Å². The molecule has 108 valence electrons. The molecule has 4 nitrogen and oxygen atoms in total. The first-order valence-electron chi connectivity index (χ1n) is 6.59. The zero-order chi connectivity index (χ0) is 14.9. The second-order valence-corrected chi connectivity index (χ2v) is 6.55. The Bertz CT molecular complexity index is 876. The molecule has 1 N–H and O–H groups in total. The lowest BCUT2D eigenvalue weighted by Crippen LogP contribution is -2.23. The first-order valence-corrected chi connectivity index (χ1v) is 8.07. The van der Waals surface area contributed by atoms with Crippen LogP contribution in [0.4, 0.5) is 0 Å². The number of sulfonamides is 1. The fourth-order valence-electron chi connectivity index (χ4n) is 2.25. The van der Waals surface area contributed by atoms with Crippen molar-refractivity contribution in [2.24, 2.45) is 0 Å². The van der Waals surface area contributed by atoms with Gasteiger partial charge in [-0.05, 0) is 30.5 Å². The van der Waals surface area contributed by atoms with E-state index in [4.69, 9.17) is 4.42 Å². The number of nitrogens with one attached hydrogen (secondary N) is 1. The molecule has 0 saturated heterocycles. The van der Waals surface area contributed by atoms with Crippen molar-refractivity contribution >= 4 is 20.8 Å². The fourth-order valence-corrected chi connectivity index (χ4v) is 3.47. The lowest BCUT2D eigenvalue weighted by atomic mass is 10.1. The molecule has 0 bridgehead atoms. The van der Waals surface area contributed by atoms with Gasteiger partial charge in [0.1, 0.15) is 11.5 Å². The topological polar surface area (TPSA) is 59.3 Å². The molecule has 0 unspecified atom stereocenters. The van der Waals surface area contributed by atoms with Gasteiger partial charge in [-0.3, -0.25) is 0 Å². The Balaban J connectivity index is 1.93. The second kappa shape index (κ2) is 5.35. The van der Waals surface area contributed by atoms with Crippen LogP contribution in [0.5, 0.6) is 0 Å². The molecule has 2 aromatic carbocycles. The summed E-state index contributed by atoms with van der Waals surface area (Å²) in [6.45, 7) is 1.96. The first-order chi connectivity index (χ1) is 10.1. The standard InChI is InChI=1S/C16H15NO3S/c1-12-9-10-14(20-12)11-17-21(18,19)16-8-4-6-13-5-2-3-7-15(13)16/h2-10,17H,11H2,1H3. The highest BCUT2D eigenvalue weighted by Crippen LogP contribution is 2.22. The van der Waals surface area contributed by atoms with Gasteiger partial charge in [0.25, 0.3) is 0 Å². The number of furan rings is 1. The molecule has 0 amide bonds. The molecule has 5 heteroatoms. The van der Waals surface area contributed by atoms with Crippen LogP contribution in [-0.2, 0) is 16.6 Å². The SMILES string of the molecule is Cc1ccc(CNS(=O)(=O)c2cccc3ccccc23)o1. The smallest absolute Gasteiger partial charge is 0.241 e. The number of fused-ring (bicyclic) bond motifs is 1. The Morgan fingerprint density at radius 2 is 1.76 bits per heavy atom. The van der Waals surface area contributed by atoms with Crippen molar-refractivity contribution in [3.8, 4) is 0 Å². The van der Waals surface area contributed by atoms with Gasteiger partial charge in [0, 0.05) is 5.39 Å². The molecule has 0 aliphatic heterocycles. The van der Waals surface area contributed by atoms with Crippen LogP contribution in [-0.4, -0.2) is 8.42 Å². The summed E-state index contributed by atoms with van der Waals surface area (Å²) in [6, 6.07) is 16.2. The molecule has 21 heavy (non-hydrogen) atoms. The van der Waals surface area contributed by atoms with Crippen LogP contribution in [0.15, 0.2) is 63.9 Å². The van der Waals surface area contributed by atoms with Crippen molar-refractivity contribution in [1.82, 2.24) is 4.72 Å². The Kier molecular flexibility index (Phi) is 3.53. The Labute approximate surface area is 123 Å². The van der Waals surface area contributed by atoms with Crippen molar-refractivity contribution in [2.75, 3.05) is 0 Å². The van der Waals surface area contributed by atoms with E-state index < -0.39 is 10.0 Å². The minimum atomic E-state index is -3.59. The van der Waals surface area contributed by atoms with Crippen LogP contribution in [0.3, 0.4) is 0 Å². The summed E-state index contributed by atoms with van der Waals surface area (Å²) in [6.07, 6.45) is 0. The third-order valence-electron chi connectivity index (χ3n) is 3.27. The van der Waals surface area contributed by atoms with Crippen LogP contribution in [0.25, 0.3) is 10.8 Å². The zero-order valence-electron chi connectivity index (χ0n) is 11.5. The molecule has 0 saturated carbocycles. The summed E-state index contributed by atoms with van der Waals surface area (Å²) < 4.78 is 32.9. The fraction of sp³-hybridized carbons (Fsp3) is 0.125. The van der Waals surface area contributed by atoms with E-state index in [0.717, 1.165) is 11.1 Å². The number of rotatable bonds is 4. The van der Waals surface area contributed by atoms with Crippen molar-refractivity contribution in [3.63, 3.8) is 0 Å². The summed E-state index contributed by atoms with van der Waals surface area (Å²) in [5.74, 6) is 1.35. The van der Waals surface area contributed by atoms with Crippen molar-refractivity contribution in [3.05, 3.63) is 66.1 Å². The van der Waals surface area contributed by atoms with E-state index in [9.17, 15) is 8.42 Å². The average molecular weight is 301 g/mol. The summed E-state index contributed by atoms with van der Waals surface area (Å²) in [5.41, 5.74) is 0. The highest BCUT2D eigenvalue weighted by molar-refractivity contribution is 7.89. The molecule has 0 aliphatic carbocycles. The van der Waals surface area contributed by atoms with E-state index in [0.29, 0.717) is 11.1 Å². The summed E-state index contributed by atoms with van der Waals surface area (Å²) in [7, 11) is -3.59. The molecule has 3 rings (SSSR count). The van der Waals surface area contributed by atoms with Gasteiger partial charge >= 0.3 is 0 Å². The Morgan fingerprint density at radius 3 is 2.52 bits per heavy atom. The molecule has 3 aromatic rings. The van der Waals surface area contributed by atoms with Crippen molar-refractivity contribution < 1.29 is 12.8 Å². The predicted molar refractivity (Wildman–Crippen MR) is 81.4 cm³/mol.